The third kappa shape index (κ3) is 4.08. The van der Waals surface area contributed by atoms with Gasteiger partial charge in [0.05, 0.1) is 6.07 Å². The lowest BCUT2D eigenvalue weighted by molar-refractivity contribution is -0.121. The van der Waals surface area contributed by atoms with Gasteiger partial charge in [0, 0.05) is 15.8 Å². The Bertz CT molecular complexity index is 458. The number of hydrogen-bond acceptors (Lipinski definition) is 3. The van der Waals surface area contributed by atoms with Crippen molar-refractivity contribution in [3.63, 3.8) is 0 Å². The van der Waals surface area contributed by atoms with Gasteiger partial charge in [0.15, 0.2) is 0 Å². The van der Waals surface area contributed by atoms with E-state index in [1.54, 1.807) is 25.6 Å². The molecule has 0 aliphatic carbocycles. The van der Waals surface area contributed by atoms with Gasteiger partial charge in [-0.25, -0.2) is 0 Å². The van der Waals surface area contributed by atoms with Gasteiger partial charge >= 0.3 is 0 Å². The lowest BCUT2D eigenvalue weighted by Gasteiger charge is -2.15. The van der Waals surface area contributed by atoms with E-state index in [9.17, 15) is 4.79 Å². The Morgan fingerprint density at radius 2 is 1.89 bits per heavy atom. The van der Waals surface area contributed by atoms with Gasteiger partial charge in [-0.2, -0.15) is 5.26 Å². The molecule has 0 aliphatic heterocycles. The average Bonchev–Trinajstić information content (AvgIpc) is 2.31. The van der Waals surface area contributed by atoms with Crippen LogP contribution < -0.4 is 5.32 Å². The average molecular weight is 262 g/mol. The minimum absolute atomic E-state index is 0.283. The van der Waals surface area contributed by atoms with Crippen molar-refractivity contribution in [1.29, 1.82) is 5.26 Å². The lowest BCUT2D eigenvalue weighted by atomic mass is 9.95. The molecule has 4 heteroatoms. The van der Waals surface area contributed by atoms with E-state index >= 15 is 0 Å². The zero-order valence-corrected chi connectivity index (χ0v) is 12.0. The first-order valence-electron chi connectivity index (χ1n) is 5.84. The van der Waals surface area contributed by atoms with Crippen LogP contribution in [-0.4, -0.2) is 11.2 Å². The molecule has 1 aromatic rings. The second-order valence-electron chi connectivity index (χ2n) is 4.88. The van der Waals surface area contributed by atoms with Gasteiger partial charge in [-0.05, 0) is 38.1 Å². The molecule has 1 rings (SSSR count). The summed E-state index contributed by atoms with van der Waals surface area (Å²) < 4.78 is 0. The Hall–Kier alpha value is -1.47. The van der Waals surface area contributed by atoms with Crippen LogP contribution in [0.5, 0.6) is 0 Å². The number of thioether (sulfide) groups is 1. The third-order valence-corrected chi connectivity index (χ3v) is 3.35. The Balaban J connectivity index is 2.70. The molecule has 0 spiro atoms. The van der Waals surface area contributed by atoms with Gasteiger partial charge in [0.2, 0.25) is 5.91 Å². The van der Waals surface area contributed by atoms with Crippen molar-refractivity contribution in [3.05, 3.63) is 24.3 Å². The smallest absolute Gasteiger partial charge is 0.244 e. The number of nitrogens with one attached hydrogen (secondary N) is 1. The predicted molar refractivity (Wildman–Crippen MR) is 75.5 cm³/mol. The first-order valence-corrected chi connectivity index (χ1v) is 6.72. The van der Waals surface area contributed by atoms with Crippen molar-refractivity contribution in [1.82, 2.24) is 0 Å². The van der Waals surface area contributed by atoms with E-state index in [0.717, 1.165) is 5.69 Å². The third-order valence-electron chi connectivity index (χ3n) is 2.33. The lowest BCUT2D eigenvalue weighted by Crippen LogP contribution is -2.29. The maximum Gasteiger partial charge on any atom is 0.244 e. The second kappa shape index (κ2) is 5.92. The summed E-state index contributed by atoms with van der Waals surface area (Å²) >= 11 is 1.77. The van der Waals surface area contributed by atoms with Crippen LogP contribution in [0.15, 0.2) is 29.2 Å². The van der Waals surface area contributed by atoms with Gasteiger partial charge in [0.1, 0.15) is 5.41 Å². The van der Waals surface area contributed by atoms with Crippen molar-refractivity contribution in [2.24, 2.45) is 5.41 Å². The van der Waals surface area contributed by atoms with Gasteiger partial charge in [-0.15, -0.1) is 11.8 Å². The first-order chi connectivity index (χ1) is 8.35. The number of rotatable bonds is 4. The van der Waals surface area contributed by atoms with Crippen molar-refractivity contribution < 1.29 is 4.79 Å². The molecule has 1 amide bonds. The SMILES string of the molecule is CC(C)Sc1ccc(NC(=O)C(C)(C)C#N)cc1. The van der Waals surface area contributed by atoms with Crippen molar-refractivity contribution in [2.75, 3.05) is 5.32 Å². The molecule has 0 fully saturated rings. The molecule has 1 N–H and O–H groups in total. The van der Waals surface area contributed by atoms with Crippen LogP contribution in [0.25, 0.3) is 0 Å². The first kappa shape index (κ1) is 14.6. The standard InChI is InChI=1S/C14H18N2OS/c1-10(2)18-12-7-5-11(6-8-12)16-13(17)14(3,4)9-15/h5-8,10H,1-4H3,(H,16,17). The maximum atomic E-state index is 11.8. The molecule has 1 aromatic carbocycles. The summed E-state index contributed by atoms with van der Waals surface area (Å²) in [7, 11) is 0. The number of carbonyl (C=O) groups is 1. The molecule has 0 unspecified atom stereocenters. The summed E-state index contributed by atoms with van der Waals surface area (Å²) in [5.74, 6) is -0.283. The summed E-state index contributed by atoms with van der Waals surface area (Å²) in [6, 6.07) is 9.64. The maximum absolute atomic E-state index is 11.8. The van der Waals surface area contributed by atoms with Crippen molar-refractivity contribution >= 4 is 23.4 Å². The van der Waals surface area contributed by atoms with Crippen LogP contribution in [0.4, 0.5) is 5.69 Å². The molecular formula is C14H18N2OS. The Morgan fingerprint density at radius 1 is 1.33 bits per heavy atom. The Morgan fingerprint density at radius 3 is 2.33 bits per heavy atom. The van der Waals surface area contributed by atoms with E-state index in [0.29, 0.717) is 5.25 Å². The van der Waals surface area contributed by atoms with E-state index in [4.69, 9.17) is 5.26 Å². The molecule has 0 saturated carbocycles. The number of carbonyl (C=O) groups excluding carboxylic acids is 1. The fraction of sp³-hybridized carbons (Fsp3) is 0.429. The zero-order chi connectivity index (χ0) is 13.8. The normalized spacial score (nSPS) is 11.1. The molecule has 0 radical (unpaired) electrons. The molecule has 0 bridgehead atoms. The van der Waals surface area contributed by atoms with Crippen LogP contribution in [0.2, 0.25) is 0 Å². The minimum Gasteiger partial charge on any atom is -0.325 e. The fourth-order valence-electron chi connectivity index (χ4n) is 1.23. The Kier molecular flexibility index (Phi) is 4.80. The molecule has 3 nitrogen and oxygen atoms in total. The highest BCUT2D eigenvalue weighted by atomic mass is 32.2. The molecular weight excluding hydrogens is 244 g/mol. The van der Waals surface area contributed by atoms with E-state index in [1.807, 2.05) is 30.3 Å². The fourth-order valence-corrected chi connectivity index (χ4v) is 2.06. The molecule has 0 aliphatic rings. The number of nitrogens with zero attached hydrogens (tertiary/aromatic N) is 1. The van der Waals surface area contributed by atoms with E-state index in [2.05, 4.69) is 19.2 Å². The van der Waals surface area contributed by atoms with E-state index in [-0.39, 0.29) is 5.91 Å². The van der Waals surface area contributed by atoms with Crippen LogP contribution in [0, 0.1) is 16.7 Å². The number of hydrogen-bond donors (Lipinski definition) is 1. The van der Waals surface area contributed by atoms with Gasteiger partial charge < -0.3 is 5.32 Å². The van der Waals surface area contributed by atoms with Gasteiger partial charge in [-0.3, -0.25) is 4.79 Å². The summed E-state index contributed by atoms with van der Waals surface area (Å²) in [5, 5.41) is 12.1. The molecule has 96 valence electrons. The van der Waals surface area contributed by atoms with E-state index < -0.39 is 5.41 Å². The predicted octanol–water partition coefficient (Wildman–Crippen LogP) is 3.68. The topological polar surface area (TPSA) is 52.9 Å². The number of nitriles is 1. The summed E-state index contributed by atoms with van der Waals surface area (Å²) in [6.07, 6.45) is 0. The number of amides is 1. The largest absolute Gasteiger partial charge is 0.325 e. The van der Waals surface area contributed by atoms with E-state index in [1.165, 1.54) is 4.90 Å². The van der Waals surface area contributed by atoms with Crippen LogP contribution in [0.1, 0.15) is 27.7 Å². The highest BCUT2D eigenvalue weighted by molar-refractivity contribution is 7.99. The minimum atomic E-state index is -1.01. The molecule has 0 saturated heterocycles. The van der Waals surface area contributed by atoms with Crippen LogP contribution in [-0.2, 0) is 4.79 Å². The van der Waals surface area contributed by atoms with Crippen LogP contribution in [0.3, 0.4) is 0 Å². The van der Waals surface area contributed by atoms with Gasteiger partial charge in [-0.1, -0.05) is 13.8 Å². The van der Waals surface area contributed by atoms with Gasteiger partial charge in [0.25, 0.3) is 0 Å². The molecule has 0 aromatic heterocycles. The Labute approximate surface area is 113 Å². The molecule has 0 heterocycles. The molecule has 18 heavy (non-hydrogen) atoms. The summed E-state index contributed by atoms with van der Waals surface area (Å²) in [5.41, 5.74) is -0.290. The quantitative estimate of drug-likeness (QED) is 0.842. The second-order valence-corrected chi connectivity index (χ2v) is 6.53. The zero-order valence-electron chi connectivity index (χ0n) is 11.2. The highest BCUT2D eigenvalue weighted by Crippen LogP contribution is 2.25. The number of anilines is 1. The van der Waals surface area contributed by atoms with Crippen molar-refractivity contribution in [2.45, 2.75) is 37.8 Å². The summed E-state index contributed by atoms with van der Waals surface area (Å²) in [6.45, 7) is 7.47. The molecule has 0 atom stereocenters. The monoisotopic (exact) mass is 262 g/mol. The van der Waals surface area contributed by atoms with Crippen LogP contribution >= 0.6 is 11.8 Å². The van der Waals surface area contributed by atoms with Crippen molar-refractivity contribution in [3.8, 4) is 6.07 Å². The highest BCUT2D eigenvalue weighted by Gasteiger charge is 2.27. The summed E-state index contributed by atoms with van der Waals surface area (Å²) in [4.78, 5) is 13.0. The number of benzene rings is 1.